The van der Waals surface area contributed by atoms with Crippen molar-refractivity contribution in [2.45, 2.75) is 25.9 Å². The molecule has 0 radical (unpaired) electrons. The van der Waals surface area contributed by atoms with E-state index in [0.29, 0.717) is 0 Å². The Hall–Kier alpha value is -1.89. The maximum absolute atomic E-state index is 11.1. The van der Waals surface area contributed by atoms with E-state index in [-0.39, 0.29) is 18.4 Å². The molecular weight excluding hydrogens is 264 g/mol. The van der Waals surface area contributed by atoms with Crippen molar-refractivity contribution in [3.8, 4) is 0 Å². The quantitative estimate of drug-likeness (QED) is 0.813. The van der Waals surface area contributed by atoms with E-state index < -0.39 is 0 Å². The van der Waals surface area contributed by atoms with E-state index in [4.69, 9.17) is 0 Å². The van der Waals surface area contributed by atoms with E-state index in [2.05, 4.69) is 26.9 Å². The summed E-state index contributed by atoms with van der Waals surface area (Å²) < 4.78 is 6.61. The first-order chi connectivity index (χ1) is 9.17. The number of anilines is 1. The number of esters is 1. The minimum absolute atomic E-state index is 0.213. The molecular formula is C12H16N4O2S. The summed E-state index contributed by atoms with van der Waals surface area (Å²) in [6.45, 7) is 2.88. The summed E-state index contributed by atoms with van der Waals surface area (Å²) in [6, 6.07) is 0.228. The van der Waals surface area contributed by atoms with Gasteiger partial charge in [-0.1, -0.05) is 0 Å². The van der Waals surface area contributed by atoms with Crippen molar-refractivity contribution in [1.29, 1.82) is 0 Å². The number of aromatic nitrogens is 3. The highest BCUT2D eigenvalue weighted by Crippen LogP contribution is 2.17. The van der Waals surface area contributed by atoms with Gasteiger partial charge in [-0.15, -0.1) is 11.3 Å². The monoisotopic (exact) mass is 280 g/mol. The Morgan fingerprint density at radius 2 is 2.47 bits per heavy atom. The Kier molecular flexibility index (Phi) is 4.51. The lowest BCUT2D eigenvalue weighted by molar-refractivity contribution is -0.139. The second-order valence-corrected chi connectivity index (χ2v) is 5.06. The van der Waals surface area contributed by atoms with E-state index in [9.17, 15) is 4.79 Å². The van der Waals surface area contributed by atoms with E-state index in [1.807, 2.05) is 16.1 Å². The van der Waals surface area contributed by atoms with Gasteiger partial charge < -0.3 is 14.6 Å². The molecule has 2 aromatic heterocycles. The van der Waals surface area contributed by atoms with Crippen LogP contribution in [0.15, 0.2) is 24.1 Å². The van der Waals surface area contributed by atoms with Gasteiger partial charge in [0.1, 0.15) is 0 Å². The molecule has 2 heterocycles. The molecule has 2 aromatic rings. The first kappa shape index (κ1) is 13.5. The molecule has 6 nitrogen and oxygen atoms in total. The number of rotatable bonds is 6. The third-order valence-electron chi connectivity index (χ3n) is 2.52. The predicted octanol–water partition coefficient (Wildman–Crippen LogP) is 1.56. The van der Waals surface area contributed by atoms with Gasteiger partial charge in [-0.25, -0.2) is 9.97 Å². The summed E-state index contributed by atoms with van der Waals surface area (Å²) >= 11 is 1.49. The minimum Gasteiger partial charge on any atom is -0.469 e. The largest absolute Gasteiger partial charge is 0.469 e. The topological polar surface area (TPSA) is 69.0 Å². The van der Waals surface area contributed by atoms with Crippen LogP contribution < -0.4 is 5.32 Å². The normalized spacial score (nSPS) is 12.1. The number of imidazole rings is 1. The standard InChI is InChI=1S/C12H16N4O2S/c1-9(6-16-4-3-13-8-16)14-12-15-10(7-19-12)5-11(17)18-2/h3-4,7-9H,5-6H2,1-2H3,(H,14,15). The third kappa shape index (κ3) is 4.06. The highest BCUT2D eigenvalue weighted by molar-refractivity contribution is 7.13. The van der Waals surface area contributed by atoms with Crippen LogP contribution in [-0.4, -0.2) is 33.7 Å². The first-order valence-corrected chi connectivity index (χ1v) is 6.79. The fourth-order valence-electron chi connectivity index (χ4n) is 1.64. The van der Waals surface area contributed by atoms with Crippen LogP contribution in [0.5, 0.6) is 0 Å². The molecule has 0 aliphatic heterocycles. The van der Waals surface area contributed by atoms with Crippen molar-refractivity contribution in [3.05, 3.63) is 29.8 Å². The average molecular weight is 280 g/mol. The maximum atomic E-state index is 11.1. The highest BCUT2D eigenvalue weighted by Gasteiger charge is 2.09. The summed E-state index contributed by atoms with van der Waals surface area (Å²) in [5, 5.41) is 5.97. The van der Waals surface area contributed by atoms with Crippen molar-refractivity contribution in [1.82, 2.24) is 14.5 Å². The Bertz CT molecular complexity index is 524. The molecule has 102 valence electrons. The molecule has 19 heavy (non-hydrogen) atoms. The number of carbonyl (C=O) groups excluding carboxylic acids is 1. The zero-order valence-corrected chi connectivity index (χ0v) is 11.7. The lowest BCUT2D eigenvalue weighted by Crippen LogP contribution is -2.21. The minimum atomic E-state index is -0.275. The van der Waals surface area contributed by atoms with Gasteiger partial charge in [0.2, 0.25) is 0 Å². The van der Waals surface area contributed by atoms with E-state index >= 15 is 0 Å². The Morgan fingerprint density at radius 1 is 1.63 bits per heavy atom. The number of carbonyl (C=O) groups is 1. The zero-order valence-electron chi connectivity index (χ0n) is 10.9. The molecule has 0 spiro atoms. The molecule has 1 N–H and O–H groups in total. The number of hydrogen-bond donors (Lipinski definition) is 1. The summed E-state index contributed by atoms with van der Waals surface area (Å²) in [5.74, 6) is -0.275. The maximum Gasteiger partial charge on any atom is 0.311 e. The fraction of sp³-hybridized carbons (Fsp3) is 0.417. The summed E-state index contributed by atoms with van der Waals surface area (Å²) in [6.07, 6.45) is 5.67. The molecule has 0 amide bonds. The van der Waals surface area contributed by atoms with E-state index in [0.717, 1.165) is 17.4 Å². The third-order valence-corrected chi connectivity index (χ3v) is 3.34. The smallest absolute Gasteiger partial charge is 0.311 e. The molecule has 0 aliphatic rings. The van der Waals surface area contributed by atoms with E-state index in [1.165, 1.54) is 18.4 Å². The van der Waals surface area contributed by atoms with Gasteiger partial charge in [-0.3, -0.25) is 4.79 Å². The number of ether oxygens (including phenoxy) is 1. The van der Waals surface area contributed by atoms with Crippen LogP contribution in [0.1, 0.15) is 12.6 Å². The van der Waals surface area contributed by atoms with Crippen LogP contribution in [0.25, 0.3) is 0 Å². The van der Waals surface area contributed by atoms with Gasteiger partial charge in [-0.05, 0) is 6.92 Å². The van der Waals surface area contributed by atoms with Gasteiger partial charge in [0.25, 0.3) is 0 Å². The number of hydrogen-bond acceptors (Lipinski definition) is 6. The number of nitrogens with zero attached hydrogens (tertiary/aromatic N) is 3. The summed E-state index contributed by atoms with van der Waals surface area (Å²) in [4.78, 5) is 19.5. The zero-order chi connectivity index (χ0) is 13.7. The molecule has 1 unspecified atom stereocenters. The molecule has 2 rings (SSSR count). The second kappa shape index (κ2) is 6.33. The van der Waals surface area contributed by atoms with Crippen LogP contribution in [0, 0.1) is 0 Å². The highest BCUT2D eigenvalue weighted by atomic mass is 32.1. The molecule has 1 atom stereocenters. The van der Waals surface area contributed by atoms with Crippen LogP contribution in [0.3, 0.4) is 0 Å². The van der Waals surface area contributed by atoms with Crippen LogP contribution in [-0.2, 0) is 22.5 Å². The van der Waals surface area contributed by atoms with E-state index in [1.54, 1.807) is 12.5 Å². The van der Waals surface area contributed by atoms with Crippen LogP contribution in [0.4, 0.5) is 5.13 Å². The molecule has 0 saturated carbocycles. The molecule has 0 aromatic carbocycles. The van der Waals surface area contributed by atoms with Crippen molar-refractivity contribution in [2.75, 3.05) is 12.4 Å². The first-order valence-electron chi connectivity index (χ1n) is 5.91. The van der Waals surface area contributed by atoms with Gasteiger partial charge in [0, 0.05) is 30.4 Å². The van der Waals surface area contributed by atoms with Crippen LogP contribution >= 0.6 is 11.3 Å². The van der Waals surface area contributed by atoms with Crippen molar-refractivity contribution in [2.24, 2.45) is 0 Å². The predicted molar refractivity (Wildman–Crippen MR) is 73.1 cm³/mol. The van der Waals surface area contributed by atoms with Crippen molar-refractivity contribution < 1.29 is 9.53 Å². The SMILES string of the molecule is COC(=O)Cc1csc(NC(C)Cn2ccnc2)n1. The molecule has 0 fully saturated rings. The summed E-state index contributed by atoms with van der Waals surface area (Å²) in [5.41, 5.74) is 0.731. The average Bonchev–Trinajstić information content (AvgIpc) is 3.01. The number of thiazole rings is 1. The molecule has 0 saturated heterocycles. The Morgan fingerprint density at radius 3 is 3.16 bits per heavy atom. The molecule has 0 aliphatic carbocycles. The second-order valence-electron chi connectivity index (χ2n) is 4.20. The van der Waals surface area contributed by atoms with Gasteiger partial charge in [0.15, 0.2) is 5.13 Å². The molecule has 7 heteroatoms. The number of nitrogens with one attached hydrogen (secondary N) is 1. The fourth-order valence-corrected chi connectivity index (χ4v) is 2.46. The Balaban J connectivity index is 1.87. The number of methoxy groups -OCH3 is 1. The van der Waals surface area contributed by atoms with Crippen molar-refractivity contribution in [3.63, 3.8) is 0 Å². The lowest BCUT2D eigenvalue weighted by atomic mass is 10.3. The lowest BCUT2D eigenvalue weighted by Gasteiger charge is -2.13. The summed E-state index contributed by atoms with van der Waals surface area (Å²) in [7, 11) is 1.38. The Labute approximate surface area is 115 Å². The van der Waals surface area contributed by atoms with Gasteiger partial charge >= 0.3 is 5.97 Å². The van der Waals surface area contributed by atoms with Crippen molar-refractivity contribution >= 4 is 22.4 Å². The van der Waals surface area contributed by atoms with Crippen LogP contribution in [0.2, 0.25) is 0 Å². The van der Waals surface area contributed by atoms with Gasteiger partial charge in [0.05, 0.1) is 25.6 Å². The van der Waals surface area contributed by atoms with Gasteiger partial charge in [-0.2, -0.15) is 0 Å². The molecule has 0 bridgehead atoms.